The number of benzene rings is 1. The third kappa shape index (κ3) is 7.65. The Kier molecular flexibility index (Phi) is 9.45. The van der Waals surface area contributed by atoms with Gasteiger partial charge in [0.2, 0.25) is 0 Å². The maximum Gasteiger partial charge on any atom is 0.323 e. The van der Waals surface area contributed by atoms with Crippen LogP contribution in [0.25, 0.3) is 11.1 Å². The van der Waals surface area contributed by atoms with E-state index in [1.807, 2.05) is 0 Å². The summed E-state index contributed by atoms with van der Waals surface area (Å²) >= 11 is 0. The Morgan fingerprint density at radius 1 is 0.871 bits per heavy atom. The van der Waals surface area contributed by atoms with Gasteiger partial charge in [0.05, 0.1) is 6.61 Å². The summed E-state index contributed by atoms with van der Waals surface area (Å²) in [6, 6.07) is 8.99. The number of ether oxygens (including phenoxy) is 3. The number of rotatable bonds is 9. The molecule has 0 saturated carbocycles. The van der Waals surface area contributed by atoms with Crippen molar-refractivity contribution in [2.45, 2.75) is 0 Å². The summed E-state index contributed by atoms with van der Waals surface area (Å²) in [4.78, 5) is 11.3. The highest BCUT2D eigenvalue weighted by Crippen LogP contribution is 2.11. The van der Waals surface area contributed by atoms with Gasteiger partial charge in [0.1, 0.15) is 66.7 Å². The molecule has 0 aliphatic heterocycles. The first kappa shape index (κ1) is 24.9. The van der Waals surface area contributed by atoms with E-state index in [1.165, 1.54) is 12.1 Å². The van der Waals surface area contributed by atoms with Crippen LogP contribution in [0.5, 0.6) is 11.5 Å². The molecule has 0 heterocycles. The van der Waals surface area contributed by atoms with Crippen LogP contribution in [0.2, 0.25) is 0 Å². The molecule has 1 aromatic carbocycles. The molecule has 0 unspecified atom stereocenters. The van der Waals surface area contributed by atoms with E-state index in [0.717, 1.165) is 0 Å². The Morgan fingerprint density at radius 3 is 1.71 bits per heavy atom. The van der Waals surface area contributed by atoms with Crippen LogP contribution in [0.4, 0.5) is 0 Å². The monoisotopic (exact) mass is 446 g/mol. The summed E-state index contributed by atoms with van der Waals surface area (Å²) in [5.41, 5.74) is -0.770. The number of hydrogen-bond donors (Lipinski definition) is 2. The van der Waals surface area contributed by atoms with E-state index in [1.54, 1.807) is 24.3 Å². The normalized spacial score (nSPS) is 9.87. The fraction of sp³-hybridized carbons (Fsp3) is 0.278. The van der Waals surface area contributed by atoms with Gasteiger partial charge in [0, 0.05) is 10.4 Å². The lowest BCUT2D eigenvalue weighted by molar-refractivity contribution is -0.141. The topological polar surface area (TPSA) is 215 Å². The number of hydrogen-bond acceptors (Lipinski definition) is 11. The highest BCUT2D eigenvalue weighted by Gasteiger charge is 2.15. The van der Waals surface area contributed by atoms with Crippen LogP contribution in [-0.4, -0.2) is 56.2 Å². The average molecular weight is 446 g/mol. The van der Waals surface area contributed by atoms with Gasteiger partial charge in [-0.1, -0.05) is 0 Å². The molecule has 0 atom stereocenters. The number of aliphatic hydroxyl groups is 1. The van der Waals surface area contributed by atoms with Crippen LogP contribution >= 0.6 is 0 Å². The van der Waals surface area contributed by atoms with Gasteiger partial charge in [-0.25, -0.2) is 0 Å². The summed E-state index contributed by atoms with van der Waals surface area (Å²) in [5.74, 6) is -2.66. The van der Waals surface area contributed by atoms with Crippen LogP contribution < -0.4 is 19.9 Å². The van der Waals surface area contributed by atoms with Crippen molar-refractivity contribution in [3.05, 3.63) is 22.6 Å². The first-order chi connectivity index (χ1) is 14.7. The fourth-order valence-electron chi connectivity index (χ4n) is 2.13. The average Bonchev–Trinajstić information content (AvgIpc) is 2.71. The van der Waals surface area contributed by atoms with Crippen LogP contribution in [0.1, 0.15) is 0 Å². The second kappa shape index (κ2) is 11.8. The maximum atomic E-state index is 11.3. The fourth-order valence-corrected chi connectivity index (χ4v) is 2.51. The van der Waals surface area contributed by atoms with Crippen LogP contribution in [0, 0.1) is 45.3 Å². The first-order valence-electron chi connectivity index (χ1n) is 8.21. The standard InChI is InChI=1S/C18H14N4O8S/c19-7-12(8-20)14-6-17(29-3-4-30-18(24)11-31(25,26)27)15(13(9-21)10-22)5-16(14)28-2-1-23/h5-6,23H,1-4,11H2,(H,25,26,27). The van der Waals surface area contributed by atoms with Crippen molar-refractivity contribution in [2.75, 3.05) is 32.2 Å². The predicted octanol–water partition coefficient (Wildman–Crippen LogP) is -1.74. The van der Waals surface area contributed by atoms with Crippen molar-refractivity contribution in [1.29, 1.82) is 21.0 Å². The summed E-state index contributed by atoms with van der Waals surface area (Å²) in [5, 5.41) is 45.6. The Hall–Kier alpha value is -4.14. The summed E-state index contributed by atoms with van der Waals surface area (Å²) in [7, 11) is -4.56. The number of carbonyl (C=O) groups is 1. The van der Waals surface area contributed by atoms with E-state index in [4.69, 9.17) is 29.7 Å². The minimum absolute atomic E-state index is 0.0317. The molecular weight excluding hydrogens is 432 g/mol. The lowest BCUT2D eigenvalue weighted by atomic mass is 10.1. The lowest BCUT2D eigenvalue weighted by Gasteiger charge is -2.11. The molecule has 12 nitrogen and oxygen atoms in total. The molecule has 0 saturated heterocycles. The zero-order chi connectivity index (χ0) is 23.4. The second-order valence-corrected chi connectivity index (χ2v) is 6.86. The molecule has 1 rings (SSSR count). The molecule has 0 aliphatic carbocycles. The van der Waals surface area contributed by atoms with E-state index in [-0.39, 0.29) is 47.3 Å². The number of nitrogens with zero attached hydrogens (tertiary/aromatic N) is 4. The largest absolute Gasteiger partial charge is 0.490 e. The molecular formula is C18H14N4O8S. The smallest absolute Gasteiger partial charge is 0.323 e. The molecule has 0 amide bonds. The highest BCUT2D eigenvalue weighted by atomic mass is 32.2. The third-order valence-corrected chi connectivity index (χ3v) is 3.92. The van der Waals surface area contributed by atoms with Crippen molar-refractivity contribution >= 4 is 27.2 Å². The van der Waals surface area contributed by atoms with Crippen LogP contribution in [0.3, 0.4) is 0 Å². The van der Waals surface area contributed by atoms with Crippen molar-refractivity contribution in [1.82, 2.24) is 0 Å². The molecule has 13 heteroatoms. The minimum Gasteiger partial charge on any atom is -0.490 e. The van der Waals surface area contributed by atoms with E-state index in [0.29, 0.717) is 0 Å². The zero-order valence-corrected chi connectivity index (χ0v) is 16.5. The molecule has 0 fully saturated rings. The van der Waals surface area contributed by atoms with Gasteiger partial charge in [-0.15, -0.1) is 0 Å². The predicted molar refractivity (Wildman–Crippen MR) is 100 cm³/mol. The van der Waals surface area contributed by atoms with E-state index < -0.39 is 34.0 Å². The second-order valence-electron chi connectivity index (χ2n) is 5.41. The highest BCUT2D eigenvalue weighted by molar-refractivity contribution is 7.86. The Balaban J connectivity index is 3.39. The van der Waals surface area contributed by atoms with E-state index in [2.05, 4.69) is 4.74 Å². The van der Waals surface area contributed by atoms with Gasteiger partial charge >= 0.3 is 5.97 Å². The van der Waals surface area contributed by atoms with E-state index >= 15 is 0 Å². The van der Waals surface area contributed by atoms with Crippen molar-refractivity contribution < 1.29 is 37.1 Å². The maximum absolute atomic E-state index is 11.3. The number of esters is 1. The molecule has 0 spiro atoms. The number of carbonyl (C=O) groups excluding carboxylic acids is 1. The molecule has 2 N–H and O–H groups in total. The van der Waals surface area contributed by atoms with Gasteiger partial charge < -0.3 is 19.3 Å². The molecule has 0 bridgehead atoms. The molecule has 0 aromatic heterocycles. The summed E-state index contributed by atoms with van der Waals surface area (Å²) in [6.07, 6.45) is 0. The number of aliphatic hydroxyl groups excluding tert-OH is 1. The molecule has 0 aliphatic rings. The summed E-state index contributed by atoms with van der Waals surface area (Å²) < 4.78 is 45.1. The third-order valence-electron chi connectivity index (χ3n) is 3.32. The molecule has 0 radical (unpaired) electrons. The quantitative estimate of drug-likeness (QED) is 0.246. The van der Waals surface area contributed by atoms with Gasteiger partial charge in [-0.2, -0.15) is 29.5 Å². The van der Waals surface area contributed by atoms with E-state index in [9.17, 15) is 23.7 Å². The van der Waals surface area contributed by atoms with Gasteiger partial charge in [-0.05, 0) is 12.1 Å². The van der Waals surface area contributed by atoms with Crippen molar-refractivity contribution in [3.8, 4) is 35.8 Å². The van der Waals surface area contributed by atoms with Gasteiger partial charge in [-0.3, -0.25) is 9.35 Å². The van der Waals surface area contributed by atoms with Crippen molar-refractivity contribution in [3.63, 3.8) is 0 Å². The van der Waals surface area contributed by atoms with Crippen molar-refractivity contribution in [2.24, 2.45) is 0 Å². The Morgan fingerprint density at radius 2 is 1.32 bits per heavy atom. The number of nitriles is 4. The van der Waals surface area contributed by atoms with Crippen LogP contribution in [-0.2, 0) is 19.6 Å². The Labute approximate surface area is 176 Å². The summed E-state index contributed by atoms with van der Waals surface area (Å²) in [6.45, 7) is -1.40. The molecule has 160 valence electrons. The SMILES string of the molecule is N#CC(C#N)=c1cc(OCCOC(=O)CS(=O)(=O)O)c(=C(C#N)C#N)cc1OCCO. The zero-order valence-electron chi connectivity index (χ0n) is 15.7. The van der Waals surface area contributed by atoms with Gasteiger partial charge in [0.25, 0.3) is 10.1 Å². The molecule has 1 aromatic rings. The van der Waals surface area contributed by atoms with Crippen LogP contribution in [0.15, 0.2) is 12.1 Å². The first-order valence-corrected chi connectivity index (χ1v) is 9.82. The lowest BCUT2D eigenvalue weighted by Crippen LogP contribution is -2.23. The Bertz CT molecular complexity index is 1210. The molecule has 31 heavy (non-hydrogen) atoms. The van der Waals surface area contributed by atoms with Gasteiger partial charge in [0.15, 0.2) is 5.75 Å². The minimum atomic E-state index is -4.56.